The van der Waals surface area contributed by atoms with E-state index in [0.717, 1.165) is 37.5 Å². The van der Waals surface area contributed by atoms with Crippen molar-refractivity contribution in [1.29, 1.82) is 0 Å². The van der Waals surface area contributed by atoms with Crippen LogP contribution in [0.1, 0.15) is 27.7 Å². The van der Waals surface area contributed by atoms with Crippen LogP contribution in [0.5, 0.6) is 0 Å². The fourth-order valence-electron chi connectivity index (χ4n) is 3.93. The standard InChI is InChI=1S/C24H30N3O11PS2/c1-13(28)34-11-18-20(35-14(2)29)21(36-15(3)30)22(37-16(4)31)23(38-18)25-24-27(19(32)12-41-24)26-39(40,33-5)17-9-7-6-8-10-17/h6-10,18,20-23H,11-12H2,1-5H3,(H,26,40)/b25-24+/t18-,20+,21+,22-,23-,39?/m1/s1. The highest BCUT2D eigenvalue weighted by atomic mass is 32.4. The number of hydrogen-bond acceptors (Lipinski definition) is 14. The van der Waals surface area contributed by atoms with E-state index in [9.17, 15) is 24.0 Å². The minimum Gasteiger partial charge on any atom is -0.463 e. The molecule has 0 aromatic heterocycles. The van der Waals surface area contributed by atoms with Gasteiger partial charge in [0.25, 0.3) is 5.91 Å². The first-order chi connectivity index (χ1) is 19.3. The van der Waals surface area contributed by atoms with E-state index in [1.165, 1.54) is 14.0 Å². The molecular formula is C24H30N3O11PS2. The third-order valence-electron chi connectivity index (χ3n) is 5.55. The quantitative estimate of drug-likeness (QED) is 0.219. The molecule has 0 radical (unpaired) electrons. The van der Waals surface area contributed by atoms with Crippen LogP contribution in [0, 0.1) is 0 Å². The van der Waals surface area contributed by atoms with E-state index in [4.69, 9.17) is 40.0 Å². The highest BCUT2D eigenvalue weighted by Gasteiger charge is 2.53. The number of amidine groups is 1. The fourth-order valence-corrected chi connectivity index (χ4v) is 6.89. The maximum absolute atomic E-state index is 12.9. The van der Waals surface area contributed by atoms with Crippen LogP contribution in [0.2, 0.25) is 0 Å². The van der Waals surface area contributed by atoms with E-state index in [0.29, 0.717) is 5.30 Å². The number of benzene rings is 1. The number of esters is 4. The van der Waals surface area contributed by atoms with Crippen molar-refractivity contribution in [3.05, 3.63) is 30.3 Å². The van der Waals surface area contributed by atoms with Crippen molar-refractivity contribution < 1.29 is 52.2 Å². The Labute approximate surface area is 245 Å². The Balaban J connectivity index is 2.04. The number of rotatable bonds is 10. The lowest BCUT2D eigenvalue weighted by molar-refractivity contribution is -0.251. The molecule has 1 amide bonds. The van der Waals surface area contributed by atoms with Crippen molar-refractivity contribution in [3.8, 4) is 0 Å². The van der Waals surface area contributed by atoms with E-state index in [1.807, 2.05) is 6.07 Å². The molecule has 14 nitrogen and oxygen atoms in total. The molecule has 41 heavy (non-hydrogen) atoms. The molecule has 17 heteroatoms. The van der Waals surface area contributed by atoms with Gasteiger partial charge in [-0.15, -0.1) is 0 Å². The summed E-state index contributed by atoms with van der Waals surface area (Å²) in [5.74, 6) is -3.35. The van der Waals surface area contributed by atoms with Gasteiger partial charge in [-0.1, -0.05) is 42.1 Å². The summed E-state index contributed by atoms with van der Waals surface area (Å²) in [7, 11) is 1.42. The molecule has 6 atom stereocenters. The molecule has 1 N–H and O–H groups in total. The summed E-state index contributed by atoms with van der Waals surface area (Å²) >= 11 is 6.81. The van der Waals surface area contributed by atoms with Crippen molar-refractivity contribution in [1.82, 2.24) is 10.2 Å². The van der Waals surface area contributed by atoms with Gasteiger partial charge in [-0.25, -0.2) is 10.0 Å². The molecule has 0 saturated carbocycles. The van der Waals surface area contributed by atoms with Crippen LogP contribution in [0.15, 0.2) is 35.3 Å². The summed E-state index contributed by atoms with van der Waals surface area (Å²) in [5, 5.41) is 4.86. The summed E-state index contributed by atoms with van der Waals surface area (Å²) in [6.07, 6.45) is -9.71. The first kappa shape index (κ1) is 32.6. The van der Waals surface area contributed by atoms with Gasteiger partial charge in [0.15, 0.2) is 36.1 Å². The molecule has 2 fully saturated rings. The lowest BCUT2D eigenvalue weighted by Crippen LogP contribution is -2.62. The van der Waals surface area contributed by atoms with Crippen LogP contribution >= 0.6 is 18.2 Å². The van der Waals surface area contributed by atoms with E-state index >= 15 is 0 Å². The van der Waals surface area contributed by atoms with Crippen LogP contribution in [0.25, 0.3) is 0 Å². The molecule has 1 unspecified atom stereocenters. The Hall–Kier alpha value is -2.88. The van der Waals surface area contributed by atoms with Gasteiger partial charge in [-0.05, 0) is 11.8 Å². The van der Waals surface area contributed by atoms with Crippen molar-refractivity contribution in [2.75, 3.05) is 19.5 Å². The van der Waals surface area contributed by atoms with E-state index in [-0.39, 0.29) is 16.8 Å². The fraction of sp³-hybridized carbons (Fsp3) is 0.500. The number of thioether (sulfide) groups is 1. The Morgan fingerprint density at radius 1 is 1.00 bits per heavy atom. The Morgan fingerprint density at radius 3 is 2.15 bits per heavy atom. The van der Waals surface area contributed by atoms with Crippen molar-refractivity contribution >= 4 is 70.2 Å². The number of nitrogens with zero attached hydrogens (tertiary/aromatic N) is 2. The summed E-state index contributed by atoms with van der Waals surface area (Å²) in [5.41, 5.74) is 0. The first-order valence-electron chi connectivity index (χ1n) is 12.2. The molecule has 0 spiro atoms. The minimum atomic E-state index is -2.97. The number of hydrazine groups is 1. The lowest BCUT2D eigenvalue weighted by Gasteiger charge is -2.43. The summed E-state index contributed by atoms with van der Waals surface area (Å²) < 4.78 is 33.0. The third kappa shape index (κ3) is 8.56. The smallest absolute Gasteiger partial charge is 0.303 e. The molecule has 0 bridgehead atoms. The largest absolute Gasteiger partial charge is 0.463 e. The van der Waals surface area contributed by atoms with E-state index < -0.39 is 67.5 Å². The number of ether oxygens (including phenoxy) is 5. The van der Waals surface area contributed by atoms with Gasteiger partial charge < -0.3 is 28.2 Å². The average molecular weight is 632 g/mol. The zero-order valence-corrected chi connectivity index (χ0v) is 25.4. The van der Waals surface area contributed by atoms with E-state index in [1.54, 1.807) is 24.3 Å². The number of carbonyl (C=O) groups excluding carboxylic acids is 5. The average Bonchev–Trinajstić information content (AvgIpc) is 3.24. The van der Waals surface area contributed by atoms with Gasteiger partial charge in [0.05, 0.1) is 5.75 Å². The molecular weight excluding hydrogens is 601 g/mol. The van der Waals surface area contributed by atoms with Gasteiger partial charge in [-0.3, -0.25) is 24.0 Å². The zero-order chi connectivity index (χ0) is 30.3. The molecule has 1 aromatic rings. The van der Waals surface area contributed by atoms with Gasteiger partial charge >= 0.3 is 23.9 Å². The number of hydrogen-bond donors (Lipinski definition) is 1. The molecule has 2 aliphatic heterocycles. The predicted octanol–water partition coefficient (Wildman–Crippen LogP) is 0.787. The molecule has 2 saturated heterocycles. The third-order valence-corrected chi connectivity index (χ3v) is 9.77. The topological polar surface area (TPSA) is 168 Å². The first-order valence-corrected chi connectivity index (χ1v) is 15.9. The van der Waals surface area contributed by atoms with Gasteiger partial charge in [0.1, 0.15) is 12.7 Å². The van der Waals surface area contributed by atoms with Crippen molar-refractivity contribution in [2.24, 2.45) is 4.99 Å². The second kappa shape index (κ2) is 14.3. The Morgan fingerprint density at radius 2 is 1.59 bits per heavy atom. The molecule has 2 aliphatic rings. The molecule has 3 rings (SSSR count). The second-order valence-electron chi connectivity index (χ2n) is 8.69. The normalized spacial score (nSPS) is 26.7. The van der Waals surface area contributed by atoms with Crippen LogP contribution in [0.4, 0.5) is 0 Å². The van der Waals surface area contributed by atoms with E-state index in [2.05, 4.69) is 10.2 Å². The zero-order valence-electron chi connectivity index (χ0n) is 22.8. The molecule has 0 aliphatic carbocycles. The van der Waals surface area contributed by atoms with Gasteiger partial charge in [0.2, 0.25) is 0 Å². The minimum absolute atomic E-state index is 0.00898. The lowest BCUT2D eigenvalue weighted by atomic mass is 9.97. The van der Waals surface area contributed by atoms with Crippen molar-refractivity contribution in [2.45, 2.75) is 58.3 Å². The number of aliphatic imine (C=N–C) groups is 1. The Kier molecular flexibility index (Phi) is 11.4. The van der Waals surface area contributed by atoms with Crippen LogP contribution in [-0.2, 0) is 64.0 Å². The number of nitrogens with one attached hydrogen (secondary N) is 1. The molecule has 2 heterocycles. The monoisotopic (exact) mass is 631 g/mol. The number of amides is 1. The maximum Gasteiger partial charge on any atom is 0.303 e. The Bertz CT molecular complexity index is 1250. The highest BCUT2D eigenvalue weighted by Crippen LogP contribution is 2.42. The second-order valence-corrected chi connectivity index (χ2v) is 13.4. The van der Waals surface area contributed by atoms with Crippen LogP contribution in [0.3, 0.4) is 0 Å². The SMILES string of the molecule is COP(=S)(NN1C(=O)CS/C1=N/[C@@H]1O[C@H](COC(C)=O)[C@H](OC(C)=O)[C@H](OC(C)=O)[C@H]1OC(C)=O)c1ccccc1. The van der Waals surface area contributed by atoms with Crippen molar-refractivity contribution in [3.63, 3.8) is 0 Å². The van der Waals surface area contributed by atoms with Gasteiger partial charge in [0, 0.05) is 40.1 Å². The van der Waals surface area contributed by atoms with Crippen LogP contribution in [-0.4, -0.2) is 90.1 Å². The molecule has 224 valence electrons. The highest BCUT2D eigenvalue weighted by molar-refractivity contribution is 8.16. The summed E-state index contributed by atoms with van der Waals surface area (Å²) in [6, 6.07) is 8.91. The van der Waals surface area contributed by atoms with Gasteiger partial charge in [-0.2, -0.15) is 5.20 Å². The van der Waals surface area contributed by atoms with Crippen LogP contribution < -0.4 is 10.5 Å². The number of carbonyl (C=O) groups is 5. The predicted molar refractivity (Wildman–Crippen MR) is 149 cm³/mol. The summed E-state index contributed by atoms with van der Waals surface area (Å²) in [6.45, 7) is 4.12. The maximum atomic E-state index is 12.9. The molecule has 1 aromatic carbocycles. The summed E-state index contributed by atoms with van der Waals surface area (Å²) in [4.78, 5) is 65.1.